The molecule has 0 radical (unpaired) electrons. The Balaban J connectivity index is 3.02. The summed E-state index contributed by atoms with van der Waals surface area (Å²) in [4.78, 5) is 0. The zero-order chi connectivity index (χ0) is 19.1. The van der Waals surface area contributed by atoms with Gasteiger partial charge < -0.3 is 18.6 Å². The van der Waals surface area contributed by atoms with E-state index in [1.165, 1.54) is 0 Å². The minimum Gasteiger partial charge on any atom is -0.413 e. The maximum absolute atomic E-state index is 9.49. The highest BCUT2D eigenvalue weighted by molar-refractivity contribution is 6.73. The first-order chi connectivity index (χ1) is 11.8. The van der Waals surface area contributed by atoms with Gasteiger partial charge in [-0.1, -0.05) is 34.6 Å². The Hall–Kier alpha value is -0.453. The summed E-state index contributed by atoms with van der Waals surface area (Å²) < 4.78 is 23.7. The van der Waals surface area contributed by atoms with Crippen LogP contribution in [0.3, 0.4) is 0 Å². The fraction of sp³-hybridized carbons (Fsp3) is 0.947. The van der Waals surface area contributed by atoms with Gasteiger partial charge in [0, 0.05) is 32.5 Å². The molecule has 0 aromatic heterocycles. The zero-order valence-corrected chi connectivity index (χ0v) is 18.1. The van der Waals surface area contributed by atoms with Gasteiger partial charge in [0.15, 0.2) is 8.32 Å². The fourth-order valence-corrected chi connectivity index (χ4v) is 6.74. The standard InChI is InChI=1S/C19H37NO4Si/c1-8-25(9-2,10-3)24-18-11-15(13-20)23-17(19(18,4)5)12-16(22-7)14-21-6/h15-18H,8-12,14H2,1-7H3/t15-,16-,17+,18+/m0/s1. The molecule has 1 saturated heterocycles. The van der Waals surface area contributed by atoms with Crippen LogP contribution in [0.1, 0.15) is 47.5 Å². The topological polar surface area (TPSA) is 60.7 Å². The summed E-state index contributed by atoms with van der Waals surface area (Å²) >= 11 is 0. The quantitative estimate of drug-likeness (QED) is 0.540. The Morgan fingerprint density at radius 3 is 2.24 bits per heavy atom. The van der Waals surface area contributed by atoms with Crippen LogP contribution in [0.25, 0.3) is 0 Å². The molecule has 0 aromatic rings. The second kappa shape index (κ2) is 10.0. The molecule has 1 aliphatic heterocycles. The maximum atomic E-state index is 9.49. The van der Waals surface area contributed by atoms with E-state index in [4.69, 9.17) is 18.6 Å². The lowest BCUT2D eigenvalue weighted by molar-refractivity contribution is -0.167. The highest BCUT2D eigenvalue weighted by Crippen LogP contribution is 2.43. The molecule has 0 aliphatic carbocycles. The Kier molecular flexibility index (Phi) is 9.06. The van der Waals surface area contributed by atoms with Gasteiger partial charge in [0.1, 0.15) is 6.10 Å². The lowest BCUT2D eigenvalue weighted by atomic mass is 9.74. The zero-order valence-electron chi connectivity index (χ0n) is 17.1. The minimum absolute atomic E-state index is 0.0436. The Bertz CT molecular complexity index is 425. The van der Waals surface area contributed by atoms with Crippen LogP contribution in [0, 0.1) is 16.7 Å². The first-order valence-corrected chi connectivity index (χ1v) is 12.1. The molecule has 1 rings (SSSR count). The van der Waals surface area contributed by atoms with E-state index in [0.29, 0.717) is 19.4 Å². The molecule has 1 aliphatic rings. The molecular formula is C19H37NO4Si. The molecule has 25 heavy (non-hydrogen) atoms. The molecule has 0 N–H and O–H groups in total. The molecule has 1 fully saturated rings. The first kappa shape index (κ1) is 22.6. The van der Waals surface area contributed by atoms with Crippen molar-refractivity contribution in [3.63, 3.8) is 0 Å². The van der Waals surface area contributed by atoms with Crippen molar-refractivity contribution in [2.45, 2.75) is 90.0 Å². The van der Waals surface area contributed by atoms with Crippen LogP contribution in [0.2, 0.25) is 18.1 Å². The number of hydrogen-bond acceptors (Lipinski definition) is 5. The van der Waals surface area contributed by atoms with Crippen LogP contribution < -0.4 is 0 Å². The summed E-state index contributed by atoms with van der Waals surface area (Å²) in [6.07, 6.45) is 0.847. The van der Waals surface area contributed by atoms with E-state index in [9.17, 15) is 5.26 Å². The summed E-state index contributed by atoms with van der Waals surface area (Å²) in [6.45, 7) is 11.6. The van der Waals surface area contributed by atoms with E-state index < -0.39 is 14.4 Å². The van der Waals surface area contributed by atoms with Gasteiger partial charge in [-0.2, -0.15) is 5.26 Å². The molecule has 0 saturated carbocycles. The predicted molar refractivity (Wildman–Crippen MR) is 102 cm³/mol. The van der Waals surface area contributed by atoms with E-state index in [1.807, 2.05) is 0 Å². The first-order valence-electron chi connectivity index (χ1n) is 9.56. The van der Waals surface area contributed by atoms with E-state index in [0.717, 1.165) is 18.1 Å². The molecule has 0 bridgehead atoms. The smallest absolute Gasteiger partial charge is 0.192 e. The van der Waals surface area contributed by atoms with Gasteiger partial charge >= 0.3 is 0 Å². The number of rotatable bonds is 10. The summed E-state index contributed by atoms with van der Waals surface area (Å²) in [5, 5.41) is 9.49. The molecule has 0 unspecified atom stereocenters. The van der Waals surface area contributed by atoms with Crippen molar-refractivity contribution in [3.05, 3.63) is 0 Å². The number of methoxy groups -OCH3 is 2. The van der Waals surface area contributed by atoms with E-state index >= 15 is 0 Å². The lowest BCUT2D eigenvalue weighted by Gasteiger charge is -2.50. The van der Waals surface area contributed by atoms with Crippen LogP contribution in [0.4, 0.5) is 0 Å². The molecule has 0 spiro atoms. The van der Waals surface area contributed by atoms with Crippen molar-refractivity contribution < 1.29 is 18.6 Å². The lowest BCUT2D eigenvalue weighted by Crippen LogP contribution is -2.56. The molecule has 146 valence electrons. The molecule has 5 nitrogen and oxygen atoms in total. The van der Waals surface area contributed by atoms with E-state index in [-0.39, 0.29) is 23.7 Å². The van der Waals surface area contributed by atoms with Gasteiger partial charge in [-0.25, -0.2) is 0 Å². The van der Waals surface area contributed by atoms with Gasteiger partial charge in [0.2, 0.25) is 0 Å². The average Bonchev–Trinajstić information content (AvgIpc) is 2.62. The van der Waals surface area contributed by atoms with Crippen molar-refractivity contribution >= 4 is 8.32 Å². The Morgan fingerprint density at radius 2 is 1.80 bits per heavy atom. The SMILES string of the molecule is CC[Si](CC)(CC)O[C@@H]1C[C@@H](C#N)O[C@H](C[C@@H](COC)OC)C1(C)C. The third-order valence-corrected chi connectivity index (χ3v) is 10.7. The summed E-state index contributed by atoms with van der Waals surface area (Å²) in [6, 6.07) is 5.64. The van der Waals surface area contributed by atoms with Gasteiger partial charge in [-0.3, -0.25) is 0 Å². The highest BCUT2D eigenvalue weighted by Gasteiger charge is 2.48. The molecule has 0 amide bonds. The van der Waals surface area contributed by atoms with Gasteiger partial charge in [-0.15, -0.1) is 0 Å². The summed E-state index contributed by atoms with van der Waals surface area (Å²) in [5.41, 5.74) is -0.171. The Morgan fingerprint density at radius 1 is 1.20 bits per heavy atom. The van der Waals surface area contributed by atoms with Crippen LogP contribution in [0.5, 0.6) is 0 Å². The van der Waals surface area contributed by atoms with E-state index in [2.05, 4.69) is 40.7 Å². The molecule has 1 heterocycles. The average molecular weight is 372 g/mol. The molecule has 0 aromatic carbocycles. The van der Waals surface area contributed by atoms with Crippen LogP contribution in [0.15, 0.2) is 0 Å². The van der Waals surface area contributed by atoms with Crippen molar-refractivity contribution in [1.29, 1.82) is 5.26 Å². The normalized spacial score (nSPS) is 27.7. The summed E-state index contributed by atoms with van der Waals surface area (Å²) in [5.74, 6) is 0. The number of ether oxygens (including phenoxy) is 3. The van der Waals surface area contributed by atoms with Crippen molar-refractivity contribution in [2.75, 3.05) is 20.8 Å². The minimum atomic E-state index is -1.75. The van der Waals surface area contributed by atoms with Crippen molar-refractivity contribution in [3.8, 4) is 6.07 Å². The fourth-order valence-electron chi connectivity index (χ4n) is 3.74. The van der Waals surface area contributed by atoms with Crippen LogP contribution in [-0.4, -0.2) is 53.6 Å². The number of nitriles is 1. The van der Waals surface area contributed by atoms with Gasteiger partial charge in [0.25, 0.3) is 0 Å². The van der Waals surface area contributed by atoms with Gasteiger partial charge in [0.05, 0.1) is 31.0 Å². The molecule has 4 atom stereocenters. The van der Waals surface area contributed by atoms with Crippen molar-refractivity contribution in [1.82, 2.24) is 0 Å². The largest absolute Gasteiger partial charge is 0.413 e. The summed E-state index contributed by atoms with van der Waals surface area (Å²) in [7, 11) is 1.62. The molecule has 6 heteroatoms. The van der Waals surface area contributed by atoms with Crippen LogP contribution >= 0.6 is 0 Å². The number of nitrogens with zero attached hydrogens (tertiary/aromatic N) is 1. The van der Waals surface area contributed by atoms with E-state index in [1.54, 1.807) is 14.2 Å². The second-order valence-electron chi connectivity index (χ2n) is 7.70. The van der Waals surface area contributed by atoms with Crippen molar-refractivity contribution in [2.24, 2.45) is 5.41 Å². The van der Waals surface area contributed by atoms with Gasteiger partial charge in [-0.05, 0) is 18.1 Å². The maximum Gasteiger partial charge on any atom is 0.192 e. The Labute approximate surface area is 155 Å². The van der Waals surface area contributed by atoms with Crippen LogP contribution in [-0.2, 0) is 18.6 Å². The third-order valence-electron chi connectivity index (χ3n) is 6.05. The number of hydrogen-bond donors (Lipinski definition) is 0. The molecular weight excluding hydrogens is 334 g/mol. The highest BCUT2D eigenvalue weighted by atomic mass is 28.4. The monoisotopic (exact) mass is 371 g/mol. The third kappa shape index (κ3) is 5.51. The second-order valence-corrected chi connectivity index (χ2v) is 12.4. The predicted octanol–water partition coefficient (Wildman–Crippen LogP) is 4.14.